The molecule has 2 rings (SSSR count). The van der Waals surface area contributed by atoms with Crippen LogP contribution >= 0.6 is 22.6 Å². The first-order valence-electron chi connectivity index (χ1n) is 5.70. The number of aromatic amines is 1. The SMILES string of the molecule is CC(C)(C)S(=O)(=O)c1ccc2[nH]cc(I)c(=O)c2c1. The van der Waals surface area contributed by atoms with Crippen LogP contribution in [0.4, 0.5) is 0 Å². The first-order chi connectivity index (χ1) is 8.64. The van der Waals surface area contributed by atoms with Gasteiger partial charge in [0.2, 0.25) is 5.43 Å². The molecule has 0 radical (unpaired) electrons. The molecule has 2 aromatic rings. The minimum Gasteiger partial charge on any atom is -0.360 e. The summed E-state index contributed by atoms with van der Waals surface area (Å²) in [6.07, 6.45) is 1.61. The number of hydrogen-bond acceptors (Lipinski definition) is 3. The fourth-order valence-electron chi connectivity index (χ4n) is 1.69. The Labute approximate surface area is 125 Å². The highest BCUT2D eigenvalue weighted by atomic mass is 127. The Morgan fingerprint density at radius 1 is 1.21 bits per heavy atom. The summed E-state index contributed by atoms with van der Waals surface area (Å²) in [5, 5.41) is 0.400. The predicted molar refractivity (Wildman–Crippen MR) is 84.2 cm³/mol. The molecule has 0 aliphatic heterocycles. The van der Waals surface area contributed by atoms with E-state index in [0.717, 1.165) is 0 Å². The van der Waals surface area contributed by atoms with Gasteiger partial charge in [-0.3, -0.25) is 4.79 Å². The second-order valence-electron chi connectivity index (χ2n) is 5.29. The highest BCUT2D eigenvalue weighted by Gasteiger charge is 2.31. The number of aromatic nitrogens is 1. The van der Waals surface area contributed by atoms with Crippen molar-refractivity contribution in [3.05, 3.63) is 38.2 Å². The van der Waals surface area contributed by atoms with Crippen molar-refractivity contribution in [1.29, 1.82) is 0 Å². The molecule has 0 saturated heterocycles. The van der Waals surface area contributed by atoms with Crippen LogP contribution in [0.3, 0.4) is 0 Å². The summed E-state index contributed by atoms with van der Waals surface area (Å²) in [6, 6.07) is 4.62. The molecule has 1 aromatic carbocycles. The highest BCUT2D eigenvalue weighted by molar-refractivity contribution is 14.1. The van der Waals surface area contributed by atoms with Gasteiger partial charge in [-0.1, -0.05) is 0 Å². The fourth-order valence-corrected chi connectivity index (χ4v) is 3.37. The van der Waals surface area contributed by atoms with Gasteiger partial charge >= 0.3 is 0 Å². The lowest BCUT2D eigenvalue weighted by atomic mass is 10.2. The molecule has 0 saturated carbocycles. The summed E-state index contributed by atoms with van der Waals surface area (Å²) in [6.45, 7) is 4.93. The van der Waals surface area contributed by atoms with Gasteiger partial charge in [-0.05, 0) is 61.6 Å². The Bertz CT molecular complexity index is 801. The van der Waals surface area contributed by atoms with Crippen LogP contribution in [0.1, 0.15) is 20.8 Å². The summed E-state index contributed by atoms with van der Waals surface area (Å²) in [5.74, 6) is 0. The van der Waals surface area contributed by atoms with Crippen LogP contribution in [-0.4, -0.2) is 18.1 Å². The average Bonchev–Trinajstić information content (AvgIpc) is 2.32. The molecule has 0 atom stereocenters. The Hall–Kier alpha value is -0.890. The predicted octanol–water partition coefficient (Wildman–Crippen LogP) is 2.70. The largest absolute Gasteiger partial charge is 0.360 e. The van der Waals surface area contributed by atoms with Crippen LogP contribution in [0, 0.1) is 3.57 Å². The molecular weight excluding hydrogens is 377 g/mol. The number of pyridine rings is 1. The fraction of sp³-hybridized carbons (Fsp3) is 0.308. The molecule has 1 heterocycles. The third-order valence-electron chi connectivity index (χ3n) is 2.92. The van der Waals surface area contributed by atoms with Crippen molar-refractivity contribution in [2.45, 2.75) is 30.4 Å². The van der Waals surface area contributed by atoms with Crippen LogP contribution in [0.15, 0.2) is 34.1 Å². The van der Waals surface area contributed by atoms with E-state index in [1.165, 1.54) is 12.1 Å². The standard InChI is InChI=1S/C13H14INO3S/c1-13(2,3)19(17,18)8-4-5-11-9(6-8)12(16)10(14)7-15-11/h4-7H,1-3H3,(H,15,16). The van der Waals surface area contributed by atoms with Gasteiger partial charge in [0.05, 0.1) is 13.2 Å². The van der Waals surface area contributed by atoms with E-state index in [1.807, 2.05) is 22.6 Å². The van der Waals surface area contributed by atoms with Gasteiger partial charge < -0.3 is 4.98 Å². The molecule has 0 aliphatic rings. The van der Waals surface area contributed by atoms with Crippen LogP contribution in [0.25, 0.3) is 10.9 Å². The molecule has 0 unspecified atom stereocenters. The van der Waals surface area contributed by atoms with Crippen molar-refractivity contribution in [3.8, 4) is 0 Å². The molecule has 1 N–H and O–H groups in total. The van der Waals surface area contributed by atoms with E-state index in [0.29, 0.717) is 14.5 Å². The van der Waals surface area contributed by atoms with Crippen LogP contribution < -0.4 is 5.43 Å². The van der Waals surface area contributed by atoms with E-state index >= 15 is 0 Å². The average molecular weight is 391 g/mol. The lowest BCUT2D eigenvalue weighted by Gasteiger charge is -2.19. The van der Waals surface area contributed by atoms with Crippen molar-refractivity contribution in [3.63, 3.8) is 0 Å². The van der Waals surface area contributed by atoms with Crippen LogP contribution in [0.2, 0.25) is 0 Å². The zero-order chi connectivity index (χ0) is 14.4. The van der Waals surface area contributed by atoms with E-state index in [4.69, 9.17) is 0 Å². The minimum atomic E-state index is -3.45. The minimum absolute atomic E-state index is 0.152. The monoisotopic (exact) mass is 391 g/mol. The van der Waals surface area contributed by atoms with Crippen LogP contribution in [0.5, 0.6) is 0 Å². The zero-order valence-corrected chi connectivity index (χ0v) is 13.8. The van der Waals surface area contributed by atoms with Crippen molar-refractivity contribution in [2.75, 3.05) is 0 Å². The number of halogens is 1. The topological polar surface area (TPSA) is 67.0 Å². The van der Waals surface area contributed by atoms with Crippen molar-refractivity contribution in [2.24, 2.45) is 0 Å². The first kappa shape index (κ1) is 14.5. The first-order valence-corrected chi connectivity index (χ1v) is 8.26. The number of nitrogens with one attached hydrogen (secondary N) is 1. The number of hydrogen-bond donors (Lipinski definition) is 1. The summed E-state index contributed by atoms with van der Waals surface area (Å²) in [4.78, 5) is 15.2. The number of H-pyrrole nitrogens is 1. The van der Waals surface area contributed by atoms with E-state index < -0.39 is 14.6 Å². The van der Waals surface area contributed by atoms with Crippen LogP contribution in [-0.2, 0) is 9.84 Å². The molecule has 102 valence electrons. The Kier molecular flexibility index (Phi) is 3.51. The molecule has 1 aromatic heterocycles. The number of sulfone groups is 1. The van der Waals surface area contributed by atoms with E-state index in [-0.39, 0.29) is 10.3 Å². The van der Waals surface area contributed by atoms with E-state index in [2.05, 4.69) is 4.98 Å². The second-order valence-corrected chi connectivity index (χ2v) is 9.15. The lowest BCUT2D eigenvalue weighted by molar-refractivity contribution is 0.560. The second kappa shape index (κ2) is 4.59. The molecule has 0 spiro atoms. The van der Waals surface area contributed by atoms with Crippen molar-refractivity contribution in [1.82, 2.24) is 4.98 Å². The van der Waals surface area contributed by atoms with Gasteiger partial charge in [0.25, 0.3) is 0 Å². The maximum Gasteiger partial charge on any atom is 0.202 e. The summed E-state index contributed by atoms with van der Waals surface area (Å²) >= 11 is 1.93. The lowest BCUT2D eigenvalue weighted by Crippen LogP contribution is -2.28. The molecule has 4 nitrogen and oxygen atoms in total. The summed E-state index contributed by atoms with van der Waals surface area (Å²) < 4.78 is 24.4. The zero-order valence-electron chi connectivity index (χ0n) is 10.8. The number of benzene rings is 1. The summed E-state index contributed by atoms with van der Waals surface area (Å²) in [7, 11) is -3.45. The Balaban J connectivity index is 2.80. The molecule has 0 amide bonds. The number of rotatable bonds is 1. The van der Waals surface area contributed by atoms with E-state index in [1.54, 1.807) is 33.0 Å². The Morgan fingerprint density at radius 3 is 2.42 bits per heavy atom. The Morgan fingerprint density at radius 2 is 1.84 bits per heavy atom. The van der Waals surface area contributed by atoms with Gasteiger partial charge in [-0.2, -0.15) is 0 Å². The normalized spacial score (nSPS) is 12.8. The molecule has 19 heavy (non-hydrogen) atoms. The summed E-state index contributed by atoms with van der Waals surface area (Å²) in [5.41, 5.74) is 0.485. The number of fused-ring (bicyclic) bond motifs is 1. The van der Waals surface area contributed by atoms with Gasteiger partial charge in [-0.25, -0.2) is 8.42 Å². The molecular formula is C13H14INO3S. The third-order valence-corrected chi connectivity index (χ3v) is 6.21. The van der Waals surface area contributed by atoms with Crippen molar-refractivity contribution >= 4 is 43.3 Å². The molecule has 0 aliphatic carbocycles. The highest BCUT2D eigenvalue weighted by Crippen LogP contribution is 2.26. The van der Waals surface area contributed by atoms with Crippen molar-refractivity contribution < 1.29 is 8.42 Å². The third kappa shape index (κ3) is 2.43. The van der Waals surface area contributed by atoms with Gasteiger partial charge in [0.1, 0.15) is 0 Å². The van der Waals surface area contributed by atoms with Gasteiger partial charge in [0.15, 0.2) is 9.84 Å². The molecule has 0 fully saturated rings. The smallest absolute Gasteiger partial charge is 0.202 e. The van der Waals surface area contributed by atoms with Gasteiger partial charge in [-0.15, -0.1) is 0 Å². The van der Waals surface area contributed by atoms with Gasteiger partial charge in [0, 0.05) is 17.1 Å². The quantitative estimate of drug-likeness (QED) is 0.761. The molecule has 6 heteroatoms. The maximum absolute atomic E-state index is 12.4. The van der Waals surface area contributed by atoms with E-state index in [9.17, 15) is 13.2 Å². The maximum atomic E-state index is 12.4. The molecule has 0 bridgehead atoms.